The third kappa shape index (κ3) is 5.09. The van der Waals surface area contributed by atoms with Crippen LogP contribution in [0.5, 0.6) is 0 Å². The van der Waals surface area contributed by atoms with Crippen molar-refractivity contribution >= 4 is 21.6 Å². The summed E-state index contributed by atoms with van der Waals surface area (Å²) in [6.07, 6.45) is 1.21. The molecule has 0 radical (unpaired) electrons. The lowest BCUT2D eigenvalue weighted by molar-refractivity contribution is 0.400. The van der Waals surface area contributed by atoms with Gasteiger partial charge in [-0.3, -0.25) is 0 Å². The zero-order valence-electron chi connectivity index (χ0n) is 11.1. The number of nitrogens with zero attached hydrogens (tertiary/aromatic N) is 2. The maximum atomic E-state index is 3.47. The van der Waals surface area contributed by atoms with Gasteiger partial charge in [0.25, 0.3) is 0 Å². The average molecular weight is 299 g/mol. The number of rotatable bonds is 7. The Balaban J connectivity index is 2.53. The first-order valence-corrected chi connectivity index (χ1v) is 7.34. The Kier molecular flexibility index (Phi) is 6.60. The van der Waals surface area contributed by atoms with Crippen LogP contribution in [0.1, 0.15) is 18.9 Å². The topological polar surface area (TPSA) is 6.48 Å². The monoisotopic (exact) mass is 298 g/mol. The fourth-order valence-electron chi connectivity index (χ4n) is 1.84. The molecule has 0 saturated heterocycles. The summed E-state index contributed by atoms with van der Waals surface area (Å²) in [7, 11) is 4.25. The van der Waals surface area contributed by atoms with Crippen molar-refractivity contribution in [1.29, 1.82) is 0 Å². The van der Waals surface area contributed by atoms with Crippen LogP contribution in [0.15, 0.2) is 24.3 Å². The van der Waals surface area contributed by atoms with Crippen molar-refractivity contribution in [2.75, 3.05) is 38.6 Å². The lowest BCUT2D eigenvalue weighted by Gasteiger charge is -2.24. The molecule has 1 rings (SSSR count). The largest absolute Gasteiger partial charge is 0.372 e. The van der Waals surface area contributed by atoms with Crippen LogP contribution < -0.4 is 4.90 Å². The number of anilines is 1. The molecule has 0 aliphatic rings. The van der Waals surface area contributed by atoms with Crippen LogP contribution in [0.4, 0.5) is 5.69 Å². The van der Waals surface area contributed by atoms with Gasteiger partial charge in [0, 0.05) is 24.1 Å². The Hall–Kier alpha value is -0.540. The molecule has 0 aliphatic carbocycles. The Morgan fingerprint density at radius 3 is 2.18 bits per heavy atom. The molecule has 0 heterocycles. The summed E-state index contributed by atoms with van der Waals surface area (Å²) in [5.74, 6) is 0. The summed E-state index contributed by atoms with van der Waals surface area (Å²) >= 11 is 3.47. The number of hydrogen-bond acceptors (Lipinski definition) is 2. The summed E-state index contributed by atoms with van der Waals surface area (Å²) < 4.78 is 0. The molecule has 1 aromatic rings. The normalized spacial score (nSPS) is 10.9. The Labute approximate surface area is 114 Å². The highest BCUT2D eigenvalue weighted by molar-refractivity contribution is 9.08. The van der Waals surface area contributed by atoms with Gasteiger partial charge in [-0.1, -0.05) is 28.1 Å². The molecule has 0 atom stereocenters. The third-order valence-corrected chi connectivity index (χ3v) is 3.52. The molecule has 0 spiro atoms. The molecule has 0 saturated carbocycles. The SMILES string of the molecule is CCN(CCCN(C)C)c1ccc(CBr)cc1. The van der Waals surface area contributed by atoms with Gasteiger partial charge < -0.3 is 9.80 Å². The number of halogens is 1. The third-order valence-electron chi connectivity index (χ3n) is 2.87. The van der Waals surface area contributed by atoms with E-state index in [-0.39, 0.29) is 0 Å². The molecule has 0 aromatic heterocycles. The highest BCUT2D eigenvalue weighted by Crippen LogP contribution is 2.16. The van der Waals surface area contributed by atoms with Crippen LogP contribution in [0.2, 0.25) is 0 Å². The van der Waals surface area contributed by atoms with Gasteiger partial charge in [-0.2, -0.15) is 0 Å². The molecule has 0 amide bonds. The van der Waals surface area contributed by atoms with E-state index in [2.05, 4.69) is 71.0 Å². The van der Waals surface area contributed by atoms with E-state index in [4.69, 9.17) is 0 Å². The zero-order valence-corrected chi connectivity index (χ0v) is 12.7. The molecule has 0 fully saturated rings. The van der Waals surface area contributed by atoms with Gasteiger partial charge in [-0.05, 0) is 51.7 Å². The van der Waals surface area contributed by atoms with Crippen LogP contribution >= 0.6 is 15.9 Å². The van der Waals surface area contributed by atoms with Gasteiger partial charge in [0.05, 0.1) is 0 Å². The molecule has 0 unspecified atom stereocenters. The number of hydrogen-bond donors (Lipinski definition) is 0. The van der Waals surface area contributed by atoms with Crippen molar-refractivity contribution in [2.45, 2.75) is 18.7 Å². The molecule has 0 bridgehead atoms. The predicted molar refractivity (Wildman–Crippen MR) is 80.1 cm³/mol. The van der Waals surface area contributed by atoms with Crippen LogP contribution in [-0.4, -0.2) is 38.6 Å². The van der Waals surface area contributed by atoms with E-state index >= 15 is 0 Å². The zero-order chi connectivity index (χ0) is 12.7. The van der Waals surface area contributed by atoms with Crippen molar-refractivity contribution in [3.63, 3.8) is 0 Å². The van der Waals surface area contributed by atoms with Crippen LogP contribution in [-0.2, 0) is 5.33 Å². The molecule has 2 nitrogen and oxygen atoms in total. The molecule has 0 aliphatic heterocycles. The molecular weight excluding hydrogens is 276 g/mol. The van der Waals surface area contributed by atoms with E-state index in [1.807, 2.05) is 0 Å². The maximum Gasteiger partial charge on any atom is 0.0366 e. The molecule has 96 valence electrons. The summed E-state index contributed by atoms with van der Waals surface area (Å²) in [5.41, 5.74) is 2.66. The summed E-state index contributed by atoms with van der Waals surface area (Å²) in [6, 6.07) is 8.82. The van der Waals surface area contributed by atoms with Gasteiger partial charge >= 0.3 is 0 Å². The number of alkyl halides is 1. The van der Waals surface area contributed by atoms with Crippen LogP contribution in [0.25, 0.3) is 0 Å². The van der Waals surface area contributed by atoms with E-state index in [1.54, 1.807) is 0 Å². The first-order valence-electron chi connectivity index (χ1n) is 6.22. The minimum Gasteiger partial charge on any atom is -0.372 e. The van der Waals surface area contributed by atoms with E-state index in [0.717, 1.165) is 25.0 Å². The fourth-order valence-corrected chi connectivity index (χ4v) is 2.22. The minimum atomic E-state index is 0.931. The minimum absolute atomic E-state index is 0.931. The predicted octanol–water partition coefficient (Wildman–Crippen LogP) is 3.36. The molecule has 1 aromatic carbocycles. The quantitative estimate of drug-likeness (QED) is 0.712. The van der Waals surface area contributed by atoms with E-state index in [0.29, 0.717) is 0 Å². The van der Waals surface area contributed by atoms with Gasteiger partial charge in [0.2, 0.25) is 0 Å². The van der Waals surface area contributed by atoms with Crippen molar-refractivity contribution in [3.05, 3.63) is 29.8 Å². The molecule has 0 N–H and O–H groups in total. The average Bonchev–Trinajstić information content (AvgIpc) is 2.34. The number of benzene rings is 1. The second-order valence-corrected chi connectivity index (χ2v) is 5.10. The van der Waals surface area contributed by atoms with Gasteiger partial charge in [-0.15, -0.1) is 0 Å². The van der Waals surface area contributed by atoms with Crippen molar-refractivity contribution < 1.29 is 0 Å². The molecule has 3 heteroatoms. The van der Waals surface area contributed by atoms with Gasteiger partial charge in [0.15, 0.2) is 0 Å². The molecular formula is C14H23BrN2. The van der Waals surface area contributed by atoms with Crippen molar-refractivity contribution in [1.82, 2.24) is 4.90 Å². The van der Waals surface area contributed by atoms with E-state index < -0.39 is 0 Å². The van der Waals surface area contributed by atoms with Crippen LogP contribution in [0, 0.1) is 0 Å². The first-order chi connectivity index (χ1) is 8.17. The highest BCUT2D eigenvalue weighted by atomic mass is 79.9. The fraction of sp³-hybridized carbons (Fsp3) is 0.571. The molecule has 17 heavy (non-hydrogen) atoms. The summed E-state index contributed by atoms with van der Waals surface area (Å²) in [5, 5.41) is 0.931. The second kappa shape index (κ2) is 7.72. The van der Waals surface area contributed by atoms with Gasteiger partial charge in [0.1, 0.15) is 0 Å². The maximum absolute atomic E-state index is 3.47. The standard InChI is InChI=1S/C14H23BrN2/c1-4-17(11-5-10-16(2)3)14-8-6-13(12-15)7-9-14/h6-9H,4-5,10-12H2,1-3H3. The van der Waals surface area contributed by atoms with E-state index in [1.165, 1.54) is 17.7 Å². The Morgan fingerprint density at radius 1 is 1.06 bits per heavy atom. The van der Waals surface area contributed by atoms with Crippen molar-refractivity contribution in [2.24, 2.45) is 0 Å². The second-order valence-electron chi connectivity index (χ2n) is 4.54. The summed E-state index contributed by atoms with van der Waals surface area (Å²) in [4.78, 5) is 4.67. The smallest absolute Gasteiger partial charge is 0.0366 e. The van der Waals surface area contributed by atoms with Crippen LogP contribution in [0.3, 0.4) is 0 Å². The Morgan fingerprint density at radius 2 is 1.71 bits per heavy atom. The lowest BCUT2D eigenvalue weighted by atomic mass is 10.2. The highest BCUT2D eigenvalue weighted by Gasteiger charge is 2.04. The lowest BCUT2D eigenvalue weighted by Crippen LogP contribution is -2.26. The van der Waals surface area contributed by atoms with E-state index in [9.17, 15) is 0 Å². The Bertz CT molecular complexity index is 309. The van der Waals surface area contributed by atoms with Gasteiger partial charge in [-0.25, -0.2) is 0 Å². The summed E-state index contributed by atoms with van der Waals surface area (Å²) in [6.45, 7) is 5.56. The first kappa shape index (κ1) is 14.5. The van der Waals surface area contributed by atoms with Crippen molar-refractivity contribution in [3.8, 4) is 0 Å².